The van der Waals surface area contributed by atoms with Crippen LogP contribution in [-0.4, -0.2) is 46.7 Å². The molecule has 0 saturated carbocycles. The molecule has 0 spiro atoms. The third-order valence-corrected chi connectivity index (χ3v) is 4.02. The van der Waals surface area contributed by atoms with E-state index in [1.54, 1.807) is 0 Å². The Morgan fingerprint density at radius 2 is 1.72 bits per heavy atom. The Labute approximate surface area is 110 Å². The van der Waals surface area contributed by atoms with Gasteiger partial charge in [-0.1, -0.05) is 45.4 Å². The molecule has 1 fully saturated rings. The van der Waals surface area contributed by atoms with E-state index in [2.05, 4.69) is 12.2 Å². The van der Waals surface area contributed by atoms with Crippen molar-refractivity contribution in [2.24, 2.45) is 5.92 Å². The van der Waals surface area contributed by atoms with Crippen LogP contribution >= 0.6 is 0 Å². The molecule has 1 aliphatic rings. The minimum atomic E-state index is -0.790. The van der Waals surface area contributed by atoms with Gasteiger partial charge < -0.3 is 20.6 Å². The summed E-state index contributed by atoms with van der Waals surface area (Å²) in [6.45, 7) is 2.58. The van der Waals surface area contributed by atoms with Gasteiger partial charge in [-0.2, -0.15) is 0 Å². The number of rotatable bonds is 8. The molecule has 4 atom stereocenters. The number of hydrogen-bond acceptors (Lipinski definition) is 4. The maximum atomic E-state index is 9.83. The van der Waals surface area contributed by atoms with Crippen LogP contribution in [0.5, 0.6) is 0 Å². The van der Waals surface area contributed by atoms with Crippen LogP contribution in [0.2, 0.25) is 0 Å². The zero-order chi connectivity index (χ0) is 13.4. The van der Waals surface area contributed by atoms with Crippen LogP contribution < -0.4 is 5.32 Å². The van der Waals surface area contributed by atoms with Gasteiger partial charge in [0, 0.05) is 25.1 Å². The molecule has 108 valence electrons. The molecular weight excluding hydrogens is 230 g/mol. The Hall–Kier alpha value is -0.160. The molecule has 0 amide bonds. The van der Waals surface area contributed by atoms with Gasteiger partial charge >= 0.3 is 0 Å². The Balaban J connectivity index is 2.20. The van der Waals surface area contributed by atoms with E-state index in [0.29, 0.717) is 6.54 Å². The zero-order valence-corrected chi connectivity index (χ0v) is 11.5. The first kappa shape index (κ1) is 15.9. The topological polar surface area (TPSA) is 72.7 Å². The molecule has 4 nitrogen and oxygen atoms in total. The Morgan fingerprint density at radius 3 is 2.39 bits per heavy atom. The third kappa shape index (κ3) is 4.84. The number of hydrogen-bond donors (Lipinski definition) is 4. The third-order valence-electron chi connectivity index (χ3n) is 4.02. The summed E-state index contributed by atoms with van der Waals surface area (Å²) >= 11 is 0. The van der Waals surface area contributed by atoms with Crippen LogP contribution in [0.4, 0.5) is 0 Å². The molecule has 0 bridgehead atoms. The number of β-amino-alcohol motifs (C(OH)–C–C–N with tert-alkyl or cyclic N) is 1. The zero-order valence-electron chi connectivity index (χ0n) is 11.5. The van der Waals surface area contributed by atoms with E-state index in [0.717, 1.165) is 12.8 Å². The highest BCUT2D eigenvalue weighted by atomic mass is 16.3. The predicted octanol–water partition coefficient (Wildman–Crippen LogP) is 1.04. The average molecular weight is 259 g/mol. The van der Waals surface area contributed by atoms with Crippen molar-refractivity contribution in [3.05, 3.63) is 0 Å². The molecule has 1 saturated heterocycles. The molecule has 1 rings (SSSR count). The first-order valence-corrected chi connectivity index (χ1v) is 7.41. The summed E-state index contributed by atoms with van der Waals surface area (Å²) in [6, 6.07) is 0.138. The smallest absolute Gasteiger partial charge is 0.0927 e. The molecular formula is C14H29NO3. The number of piperidine rings is 1. The van der Waals surface area contributed by atoms with Gasteiger partial charge in [0.2, 0.25) is 0 Å². The maximum absolute atomic E-state index is 9.83. The molecule has 0 radical (unpaired) electrons. The van der Waals surface area contributed by atoms with Crippen molar-refractivity contribution in [2.75, 3.05) is 13.2 Å². The van der Waals surface area contributed by atoms with Crippen molar-refractivity contribution in [3.63, 3.8) is 0 Å². The summed E-state index contributed by atoms with van der Waals surface area (Å²) in [5, 5.41) is 31.9. The summed E-state index contributed by atoms with van der Waals surface area (Å²) < 4.78 is 0. The van der Waals surface area contributed by atoms with Gasteiger partial charge in [-0.3, -0.25) is 0 Å². The van der Waals surface area contributed by atoms with Crippen molar-refractivity contribution >= 4 is 0 Å². The van der Waals surface area contributed by atoms with Gasteiger partial charge in [-0.25, -0.2) is 0 Å². The lowest BCUT2D eigenvalue weighted by atomic mass is 9.84. The largest absolute Gasteiger partial charge is 0.396 e. The average Bonchev–Trinajstić information content (AvgIpc) is 2.38. The van der Waals surface area contributed by atoms with Gasteiger partial charge in [0.05, 0.1) is 12.2 Å². The van der Waals surface area contributed by atoms with Crippen molar-refractivity contribution in [1.29, 1.82) is 0 Å². The van der Waals surface area contributed by atoms with Gasteiger partial charge in [0.25, 0.3) is 0 Å². The molecule has 4 heteroatoms. The lowest BCUT2D eigenvalue weighted by molar-refractivity contribution is -0.0679. The second-order valence-electron chi connectivity index (χ2n) is 5.48. The first-order chi connectivity index (χ1) is 8.70. The Morgan fingerprint density at radius 1 is 1.06 bits per heavy atom. The van der Waals surface area contributed by atoms with Gasteiger partial charge in [-0.15, -0.1) is 0 Å². The van der Waals surface area contributed by atoms with Gasteiger partial charge in [0.15, 0.2) is 0 Å². The number of nitrogens with one attached hydrogen (secondary N) is 1. The van der Waals surface area contributed by atoms with Crippen LogP contribution in [0, 0.1) is 5.92 Å². The molecule has 0 aromatic heterocycles. The fourth-order valence-corrected chi connectivity index (χ4v) is 2.76. The molecule has 1 aliphatic heterocycles. The Kier molecular flexibility index (Phi) is 7.82. The molecule has 18 heavy (non-hydrogen) atoms. The minimum absolute atomic E-state index is 0.0638. The van der Waals surface area contributed by atoms with Crippen LogP contribution in [0.3, 0.4) is 0 Å². The van der Waals surface area contributed by atoms with Crippen molar-refractivity contribution in [3.8, 4) is 0 Å². The molecule has 4 N–H and O–H groups in total. The second kappa shape index (κ2) is 8.86. The quantitative estimate of drug-likeness (QED) is 0.492. The van der Waals surface area contributed by atoms with Crippen LogP contribution in [0.25, 0.3) is 0 Å². The van der Waals surface area contributed by atoms with Crippen molar-refractivity contribution in [2.45, 2.75) is 70.1 Å². The van der Waals surface area contributed by atoms with E-state index < -0.39 is 12.2 Å². The van der Waals surface area contributed by atoms with E-state index in [4.69, 9.17) is 0 Å². The van der Waals surface area contributed by atoms with E-state index in [1.165, 1.54) is 32.1 Å². The number of aliphatic hydroxyl groups is 3. The highest BCUT2D eigenvalue weighted by Gasteiger charge is 2.36. The lowest BCUT2D eigenvalue weighted by Gasteiger charge is -2.38. The molecule has 0 aromatic rings. The fraction of sp³-hybridized carbons (Fsp3) is 1.00. The lowest BCUT2D eigenvalue weighted by Crippen LogP contribution is -2.57. The minimum Gasteiger partial charge on any atom is -0.396 e. The van der Waals surface area contributed by atoms with Crippen molar-refractivity contribution in [1.82, 2.24) is 5.32 Å². The van der Waals surface area contributed by atoms with Crippen molar-refractivity contribution < 1.29 is 15.3 Å². The standard InChI is InChI=1S/C14H29NO3/c1-2-3-4-5-6-7-8-12-11(10-16)14(18)13(17)9-15-12/h11-18H,2-10H2,1H3/t11-,12+,13+,14-/m0/s1. The highest BCUT2D eigenvalue weighted by Crippen LogP contribution is 2.21. The van der Waals surface area contributed by atoms with E-state index >= 15 is 0 Å². The SMILES string of the molecule is CCCCCCCC[C@H]1NC[C@@H](O)[C@@H](O)[C@H]1CO. The van der Waals surface area contributed by atoms with Gasteiger partial charge in [0.1, 0.15) is 0 Å². The Bertz CT molecular complexity index is 213. The maximum Gasteiger partial charge on any atom is 0.0927 e. The molecule has 0 unspecified atom stereocenters. The summed E-state index contributed by atoms with van der Waals surface area (Å²) in [7, 11) is 0. The van der Waals surface area contributed by atoms with Gasteiger partial charge in [-0.05, 0) is 6.42 Å². The van der Waals surface area contributed by atoms with E-state index in [-0.39, 0.29) is 18.6 Å². The highest BCUT2D eigenvalue weighted by molar-refractivity contribution is 4.91. The number of aliphatic hydroxyl groups excluding tert-OH is 3. The monoisotopic (exact) mass is 259 g/mol. The van der Waals surface area contributed by atoms with Crippen LogP contribution in [0.15, 0.2) is 0 Å². The van der Waals surface area contributed by atoms with Crippen LogP contribution in [-0.2, 0) is 0 Å². The molecule has 0 aromatic carbocycles. The first-order valence-electron chi connectivity index (χ1n) is 7.41. The summed E-state index contributed by atoms with van der Waals surface area (Å²) in [5.41, 5.74) is 0. The predicted molar refractivity (Wildman–Crippen MR) is 72.4 cm³/mol. The van der Waals surface area contributed by atoms with E-state index in [9.17, 15) is 15.3 Å². The summed E-state index contributed by atoms with van der Waals surface area (Å²) in [4.78, 5) is 0. The molecule has 0 aliphatic carbocycles. The number of unbranched alkanes of at least 4 members (excludes halogenated alkanes) is 5. The van der Waals surface area contributed by atoms with E-state index in [1.807, 2.05) is 0 Å². The summed E-state index contributed by atoms with van der Waals surface area (Å²) in [5.74, 6) is -0.232. The summed E-state index contributed by atoms with van der Waals surface area (Å²) in [6.07, 6.45) is 6.93. The van der Waals surface area contributed by atoms with Crippen LogP contribution in [0.1, 0.15) is 51.9 Å². The molecule has 1 heterocycles. The fourth-order valence-electron chi connectivity index (χ4n) is 2.76. The second-order valence-corrected chi connectivity index (χ2v) is 5.48. The normalized spacial score (nSPS) is 32.7.